The molecule has 1 amide bonds. The van der Waals surface area contributed by atoms with E-state index < -0.39 is 0 Å². The van der Waals surface area contributed by atoms with Gasteiger partial charge in [0.15, 0.2) is 0 Å². The minimum Gasteiger partial charge on any atom is -0.419 e. The van der Waals surface area contributed by atoms with Gasteiger partial charge in [0.1, 0.15) is 0 Å². The summed E-state index contributed by atoms with van der Waals surface area (Å²) in [5.41, 5.74) is 0.690. The number of benzene rings is 1. The molecule has 1 fully saturated rings. The van der Waals surface area contributed by atoms with Gasteiger partial charge in [0, 0.05) is 17.0 Å². The predicted molar refractivity (Wildman–Crippen MR) is 102 cm³/mol. The van der Waals surface area contributed by atoms with E-state index in [0.29, 0.717) is 28.9 Å². The Kier molecular flexibility index (Phi) is 4.86. The molecule has 2 heterocycles. The minimum absolute atomic E-state index is 0.0432. The van der Waals surface area contributed by atoms with Crippen molar-refractivity contribution in [2.45, 2.75) is 25.4 Å². The first-order chi connectivity index (χ1) is 12.7. The molecule has 0 aliphatic heterocycles. The molecule has 0 spiro atoms. The van der Waals surface area contributed by atoms with E-state index >= 15 is 0 Å². The highest BCUT2D eigenvalue weighted by molar-refractivity contribution is 7.10. The molecule has 1 aliphatic carbocycles. The molecule has 5 nitrogen and oxygen atoms in total. The summed E-state index contributed by atoms with van der Waals surface area (Å²) < 4.78 is 5.74. The molecule has 1 aromatic carbocycles. The van der Waals surface area contributed by atoms with Gasteiger partial charge in [-0.15, -0.1) is 21.5 Å². The Morgan fingerprint density at radius 1 is 1.27 bits per heavy atom. The van der Waals surface area contributed by atoms with Crippen LogP contribution in [-0.4, -0.2) is 27.0 Å². The third kappa shape index (κ3) is 3.86. The number of halogens is 1. The Morgan fingerprint density at radius 2 is 2.12 bits per heavy atom. The zero-order chi connectivity index (χ0) is 17.9. The fraction of sp³-hybridized carbons (Fsp3) is 0.211. The van der Waals surface area contributed by atoms with E-state index in [0.717, 1.165) is 17.7 Å². The van der Waals surface area contributed by atoms with Crippen LogP contribution in [0.1, 0.15) is 23.6 Å². The number of thiophene rings is 1. The highest BCUT2D eigenvalue weighted by atomic mass is 35.5. The molecule has 26 heavy (non-hydrogen) atoms. The van der Waals surface area contributed by atoms with Crippen molar-refractivity contribution in [3.8, 4) is 11.5 Å². The summed E-state index contributed by atoms with van der Waals surface area (Å²) in [5, 5.41) is 10.7. The monoisotopic (exact) mass is 385 g/mol. The van der Waals surface area contributed by atoms with E-state index in [4.69, 9.17) is 16.0 Å². The van der Waals surface area contributed by atoms with Crippen LogP contribution in [0.4, 0.5) is 0 Å². The van der Waals surface area contributed by atoms with E-state index in [-0.39, 0.29) is 11.9 Å². The summed E-state index contributed by atoms with van der Waals surface area (Å²) in [5.74, 6) is 0.728. The topological polar surface area (TPSA) is 59.2 Å². The molecule has 0 radical (unpaired) electrons. The van der Waals surface area contributed by atoms with Gasteiger partial charge in [0.05, 0.1) is 17.1 Å². The van der Waals surface area contributed by atoms with Gasteiger partial charge in [-0.1, -0.05) is 29.8 Å². The zero-order valence-corrected chi connectivity index (χ0v) is 15.4. The smallest absolute Gasteiger partial charge is 0.249 e. The van der Waals surface area contributed by atoms with Crippen LogP contribution in [0.5, 0.6) is 0 Å². The molecule has 2 aromatic heterocycles. The van der Waals surface area contributed by atoms with Gasteiger partial charge in [-0.2, -0.15) is 0 Å². The van der Waals surface area contributed by atoms with Crippen LogP contribution < -0.4 is 0 Å². The fourth-order valence-electron chi connectivity index (χ4n) is 2.62. The van der Waals surface area contributed by atoms with Crippen molar-refractivity contribution in [2.24, 2.45) is 0 Å². The predicted octanol–water partition coefficient (Wildman–Crippen LogP) is 4.66. The number of hydrogen-bond donors (Lipinski definition) is 0. The van der Waals surface area contributed by atoms with Gasteiger partial charge in [-0.25, -0.2) is 0 Å². The lowest BCUT2D eigenvalue weighted by Gasteiger charge is -2.18. The molecule has 1 saturated carbocycles. The number of aromatic nitrogens is 2. The third-order valence-electron chi connectivity index (χ3n) is 4.08. The lowest BCUT2D eigenvalue weighted by atomic mass is 10.2. The molecule has 7 heteroatoms. The van der Waals surface area contributed by atoms with Gasteiger partial charge in [-0.3, -0.25) is 4.79 Å². The standard InChI is InChI=1S/C19H16ClN3O2S/c20-16-6-2-1-5-15(16)19-22-21-17(25-19)12-23(13-7-8-13)18(24)10-9-14-4-3-11-26-14/h1-6,9-11,13H,7-8,12H2/b10-9+. The largest absolute Gasteiger partial charge is 0.419 e. The van der Waals surface area contributed by atoms with Crippen molar-refractivity contribution >= 4 is 34.9 Å². The Bertz CT molecular complexity index is 932. The highest BCUT2D eigenvalue weighted by Crippen LogP contribution is 2.30. The van der Waals surface area contributed by atoms with Crippen LogP contribution in [0.15, 0.2) is 52.3 Å². The molecule has 0 bridgehead atoms. The van der Waals surface area contributed by atoms with Crippen LogP contribution in [0, 0.1) is 0 Å². The normalized spacial score (nSPS) is 14.0. The number of rotatable bonds is 6. The molecular formula is C19H16ClN3O2S. The summed E-state index contributed by atoms with van der Waals surface area (Å²) in [7, 11) is 0. The Labute approximate surface area is 159 Å². The van der Waals surface area contributed by atoms with Crippen molar-refractivity contribution in [1.82, 2.24) is 15.1 Å². The molecule has 4 rings (SSSR count). The molecule has 132 valence electrons. The van der Waals surface area contributed by atoms with E-state index in [2.05, 4.69) is 10.2 Å². The number of amides is 1. The maximum Gasteiger partial charge on any atom is 0.249 e. The van der Waals surface area contributed by atoms with Gasteiger partial charge in [-0.05, 0) is 42.5 Å². The second-order valence-corrected chi connectivity index (χ2v) is 7.41. The van der Waals surface area contributed by atoms with Gasteiger partial charge in [0.25, 0.3) is 0 Å². The van der Waals surface area contributed by atoms with Crippen molar-refractivity contribution < 1.29 is 9.21 Å². The number of hydrogen-bond acceptors (Lipinski definition) is 5. The van der Waals surface area contributed by atoms with Crippen LogP contribution in [-0.2, 0) is 11.3 Å². The molecule has 0 saturated heterocycles. The molecular weight excluding hydrogens is 370 g/mol. The SMILES string of the molecule is O=C(/C=C/c1cccs1)N(Cc1nnc(-c2ccccc2Cl)o1)C1CC1. The van der Waals surface area contributed by atoms with Gasteiger partial charge >= 0.3 is 0 Å². The first-order valence-electron chi connectivity index (χ1n) is 8.30. The summed E-state index contributed by atoms with van der Waals surface area (Å²) in [4.78, 5) is 15.4. The molecule has 1 aliphatic rings. The van der Waals surface area contributed by atoms with Crippen molar-refractivity contribution in [1.29, 1.82) is 0 Å². The van der Waals surface area contributed by atoms with E-state index in [9.17, 15) is 4.79 Å². The number of nitrogens with zero attached hydrogens (tertiary/aromatic N) is 3. The van der Waals surface area contributed by atoms with Crippen LogP contribution in [0.2, 0.25) is 5.02 Å². The van der Waals surface area contributed by atoms with Crippen molar-refractivity contribution in [2.75, 3.05) is 0 Å². The maximum atomic E-state index is 12.6. The quantitative estimate of drug-likeness (QED) is 0.579. The molecule has 0 unspecified atom stereocenters. The van der Waals surface area contributed by atoms with E-state index in [1.807, 2.05) is 41.8 Å². The lowest BCUT2D eigenvalue weighted by molar-refractivity contribution is -0.127. The zero-order valence-electron chi connectivity index (χ0n) is 13.8. The van der Waals surface area contributed by atoms with Crippen LogP contribution >= 0.6 is 22.9 Å². The first-order valence-corrected chi connectivity index (χ1v) is 9.56. The lowest BCUT2D eigenvalue weighted by Crippen LogP contribution is -2.31. The fourth-order valence-corrected chi connectivity index (χ4v) is 3.45. The number of carbonyl (C=O) groups is 1. The van der Waals surface area contributed by atoms with E-state index in [1.54, 1.807) is 28.4 Å². The van der Waals surface area contributed by atoms with Crippen molar-refractivity contribution in [3.63, 3.8) is 0 Å². The summed E-state index contributed by atoms with van der Waals surface area (Å²) in [6.07, 6.45) is 5.45. The average Bonchev–Trinajstić information content (AvgIpc) is 3.16. The molecule has 3 aromatic rings. The Hall–Kier alpha value is -2.44. The van der Waals surface area contributed by atoms with Crippen LogP contribution in [0.3, 0.4) is 0 Å². The summed E-state index contributed by atoms with van der Waals surface area (Å²) >= 11 is 7.77. The third-order valence-corrected chi connectivity index (χ3v) is 5.25. The average molecular weight is 386 g/mol. The molecule has 0 N–H and O–H groups in total. The second kappa shape index (κ2) is 7.43. The van der Waals surface area contributed by atoms with Crippen molar-refractivity contribution in [3.05, 3.63) is 63.6 Å². The Balaban J connectivity index is 1.49. The minimum atomic E-state index is -0.0432. The summed E-state index contributed by atoms with van der Waals surface area (Å²) in [6.45, 7) is 0.301. The maximum absolute atomic E-state index is 12.6. The van der Waals surface area contributed by atoms with E-state index in [1.165, 1.54) is 0 Å². The van der Waals surface area contributed by atoms with Gasteiger partial charge in [0.2, 0.25) is 17.7 Å². The summed E-state index contributed by atoms with van der Waals surface area (Å²) in [6, 6.07) is 11.5. The van der Waals surface area contributed by atoms with Gasteiger partial charge < -0.3 is 9.32 Å². The highest BCUT2D eigenvalue weighted by Gasteiger charge is 2.32. The first kappa shape index (κ1) is 17.0. The molecule has 0 atom stereocenters. The Morgan fingerprint density at radius 3 is 2.85 bits per heavy atom. The number of carbonyl (C=O) groups excluding carboxylic acids is 1. The second-order valence-electron chi connectivity index (χ2n) is 6.03. The van der Waals surface area contributed by atoms with Crippen LogP contribution in [0.25, 0.3) is 17.5 Å².